The number of nitrogens with one attached hydrogen (secondary N) is 1. The van der Waals surface area contributed by atoms with Gasteiger partial charge in [-0.2, -0.15) is 5.10 Å². The number of aryl methyl sites for hydroxylation is 2. The molecule has 0 unspecified atom stereocenters. The van der Waals surface area contributed by atoms with Crippen molar-refractivity contribution in [3.63, 3.8) is 0 Å². The summed E-state index contributed by atoms with van der Waals surface area (Å²) in [5.41, 5.74) is 6.22. The Morgan fingerprint density at radius 3 is 2.39 bits per heavy atom. The number of benzene rings is 4. The van der Waals surface area contributed by atoms with Crippen molar-refractivity contribution in [3.05, 3.63) is 95.6 Å². The van der Waals surface area contributed by atoms with Crippen LogP contribution in [0.3, 0.4) is 0 Å². The van der Waals surface area contributed by atoms with E-state index in [0.717, 1.165) is 28.1 Å². The van der Waals surface area contributed by atoms with Crippen molar-refractivity contribution < 1.29 is 22.7 Å². The minimum absolute atomic E-state index is 0.00777. The van der Waals surface area contributed by atoms with Gasteiger partial charge in [0.25, 0.3) is 15.9 Å². The lowest BCUT2D eigenvalue weighted by Gasteiger charge is -2.25. The van der Waals surface area contributed by atoms with Crippen molar-refractivity contribution in [1.29, 1.82) is 0 Å². The number of carbonyl (C=O) groups is 1. The molecule has 0 saturated carbocycles. The summed E-state index contributed by atoms with van der Waals surface area (Å²) in [7, 11) is -1.19. The van der Waals surface area contributed by atoms with Gasteiger partial charge in [0.1, 0.15) is 18.0 Å². The van der Waals surface area contributed by atoms with Gasteiger partial charge in [-0.1, -0.05) is 42.5 Å². The predicted molar refractivity (Wildman–Crippen MR) is 148 cm³/mol. The number of hydrazone groups is 1. The van der Waals surface area contributed by atoms with E-state index in [1.165, 1.54) is 42.9 Å². The van der Waals surface area contributed by atoms with Crippen molar-refractivity contribution in [2.24, 2.45) is 5.10 Å². The quantitative estimate of drug-likeness (QED) is 0.258. The highest BCUT2D eigenvalue weighted by Gasteiger charge is 2.29. The number of rotatable bonds is 9. The second-order valence-corrected chi connectivity index (χ2v) is 10.7. The van der Waals surface area contributed by atoms with Crippen LogP contribution in [0, 0.1) is 0 Å². The molecule has 0 atom stereocenters. The summed E-state index contributed by atoms with van der Waals surface area (Å²) in [6.45, 7) is -0.504. The molecule has 1 amide bonds. The molecule has 8 nitrogen and oxygen atoms in total. The summed E-state index contributed by atoms with van der Waals surface area (Å²) in [5.74, 6) is 0.229. The zero-order valence-corrected chi connectivity index (χ0v) is 21.9. The Kier molecular flexibility index (Phi) is 7.02. The number of anilines is 1. The van der Waals surface area contributed by atoms with E-state index in [2.05, 4.69) is 22.7 Å². The number of carbonyl (C=O) groups excluding carboxylic acids is 1. The average Bonchev–Trinajstić information content (AvgIpc) is 3.37. The summed E-state index contributed by atoms with van der Waals surface area (Å²) < 4.78 is 38.9. The van der Waals surface area contributed by atoms with Crippen LogP contribution in [-0.2, 0) is 27.7 Å². The molecule has 0 radical (unpaired) electrons. The van der Waals surface area contributed by atoms with Crippen molar-refractivity contribution in [1.82, 2.24) is 5.43 Å². The standard InChI is InChI=1S/C29H27N3O5S/c1-36-23-14-16-24(17-15-23)38(34,35)32(26-8-3-4-9-27(26)37-2)19-28(33)31-30-18-22-13-12-21-11-10-20-6-5-7-25(22)29(20)21/h3-9,12-18H,10-11,19H2,1-2H3,(H,31,33)/b30-18-. The molecule has 4 aromatic rings. The third-order valence-electron chi connectivity index (χ3n) is 6.59. The van der Waals surface area contributed by atoms with E-state index in [1.807, 2.05) is 18.2 Å². The fourth-order valence-corrected chi connectivity index (χ4v) is 6.16. The van der Waals surface area contributed by atoms with Gasteiger partial charge in [-0.25, -0.2) is 13.8 Å². The van der Waals surface area contributed by atoms with Crippen LogP contribution in [-0.4, -0.2) is 41.3 Å². The fraction of sp³-hybridized carbons (Fsp3) is 0.172. The van der Waals surface area contributed by atoms with Crippen LogP contribution in [0.15, 0.2) is 88.9 Å². The predicted octanol–water partition coefficient (Wildman–Crippen LogP) is 4.30. The number of sulfonamides is 1. The average molecular weight is 530 g/mol. The molecule has 0 saturated heterocycles. The van der Waals surface area contributed by atoms with Gasteiger partial charge in [0, 0.05) is 5.56 Å². The number of hydrogen-bond donors (Lipinski definition) is 1. The molecule has 0 spiro atoms. The Bertz CT molecular complexity index is 1620. The highest BCUT2D eigenvalue weighted by molar-refractivity contribution is 7.92. The Morgan fingerprint density at radius 1 is 0.921 bits per heavy atom. The van der Waals surface area contributed by atoms with Gasteiger partial charge >= 0.3 is 0 Å². The van der Waals surface area contributed by atoms with Crippen LogP contribution in [0.5, 0.6) is 11.5 Å². The molecule has 194 valence electrons. The first-order valence-corrected chi connectivity index (χ1v) is 13.5. The highest BCUT2D eigenvalue weighted by Crippen LogP contribution is 2.33. The lowest BCUT2D eigenvalue weighted by atomic mass is 10.0. The summed E-state index contributed by atoms with van der Waals surface area (Å²) >= 11 is 0. The molecule has 0 bridgehead atoms. The first kappa shape index (κ1) is 25.3. The molecule has 0 aromatic heterocycles. The number of para-hydroxylation sites is 2. The zero-order chi connectivity index (χ0) is 26.7. The van der Waals surface area contributed by atoms with Gasteiger partial charge < -0.3 is 9.47 Å². The van der Waals surface area contributed by atoms with Crippen molar-refractivity contribution >= 4 is 38.6 Å². The van der Waals surface area contributed by atoms with Gasteiger partial charge in [0.15, 0.2) is 0 Å². The third-order valence-corrected chi connectivity index (χ3v) is 8.37. The van der Waals surface area contributed by atoms with Crippen LogP contribution < -0.4 is 19.2 Å². The molecule has 1 N–H and O–H groups in total. The van der Waals surface area contributed by atoms with E-state index >= 15 is 0 Å². The smallest absolute Gasteiger partial charge is 0.264 e. The molecule has 1 aliphatic carbocycles. The monoisotopic (exact) mass is 529 g/mol. The lowest BCUT2D eigenvalue weighted by molar-refractivity contribution is -0.119. The number of methoxy groups -OCH3 is 2. The largest absolute Gasteiger partial charge is 0.497 e. The van der Waals surface area contributed by atoms with Crippen LogP contribution in [0.4, 0.5) is 5.69 Å². The number of amides is 1. The van der Waals surface area contributed by atoms with Crippen molar-refractivity contribution in [2.75, 3.05) is 25.1 Å². The minimum Gasteiger partial charge on any atom is -0.497 e. The van der Waals surface area contributed by atoms with Crippen molar-refractivity contribution in [3.8, 4) is 11.5 Å². The van der Waals surface area contributed by atoms with Gasteiger partial charge in [0.2, 0.25) is 0 Å². The Morgan fingerprint density at radius 2 is 1.66 bits per heavy atom. The Hall–Kier alpha value is -4.37. The van der Waals surface area contributed by atoms with E-state index in [-0.39, 0.29) is 10.6 Å². The van der Waals surface area contributed by atoms with E-state index in [9.17, 15) is 13.2 Å². The maximum absolute atomic E-state index is 13.7. The Balaban J connectivity index is 1.41. The molecule has 5 rings (SSSR count). The molecular weight excluding hydrogens is 502 g/mol. The molecule has 0 fully saturated rings. The normalized spacial score (nSPS) is 12.6. The number of ether oxygens (including phenoxy) is 2. The van der Waals surface area contributed by atoms with E-state index in [1.54, 1.807) is 42.6 Å². The minimum atomic E-state index is -4.13. The maximum Gasteiger partial charge on any atom is 0.264 e. The van der Waals surface area contributed by atoms with Gasteiger partial charge in [-0.3, -0.25) is 9.10 Å². The first-order chi connectivity index (χ1) is 18.4. The third kappa shape index (κ3) is 4.80. The van der Waals surface area contributed by atoms with Crippen LogP contribution in [0.25, 0.3) is 10.8 Å². The summed E-state index contributed by atoms with van der Waals surface area (Å²) in [6, 6.07) is 22.9. The molecule has 0 aliphatic heterocycles. The first-order valence-electron chi connectivity index (χ1n) is 12.1. The second-order valence-electron chi connectivity index (χ2n) is 8.81. The molecule has 1 aliphatic rings. The van der Waals surface area contributed by atoms with Gasteiger partial charge in [-0.05, 0) is 71.1 Å². The fourth-order valence-electron chi connectivity index (χ4n) is 4.73. The van der Waals surface area contributed by atoms with Crippen LogP contribution in [0.2, 0.25) is 0 Å². The molecule has 4 aromatic carbocycles. The van der Waals surface area contributed by atoms with E-state index in [0.29, 0.717) is 11.5 Å². The van der Waals surface area contributed by atoms with Crippen LogP contribution >= 0.6 is 0 Å². The maximum atomic E-state index is 13.7. The number of nitrogens with zero attached hydrogens (tertiary/aromatic N) is 2. The summed E-state index contributed by atoms with van der Waals surface area (Å²) in [6.07, 6.45) is 3.63. The second kappa shape index (κ2) is 10.5. The van der Waals surface area contributed by atoms with E-state index in [4.69, 9.17) is 9.47 Å². The number of hydrogen-bond acceptors (Lipinski definition) is 6. The lowest BCUT2D eigenvalue weighted by Crippen LogP contribution is -2.39. The summed E-state index contributed by atoms with van der Waals surface area (Å²) in [4.78, 5) is 13.0. The van der Waals surface area contributed by atoms with Crippen molar-refractivity contribution in [2.45, 2.75) is 17.7 Å². The Labute approximate surface area is 221 Å². The van der Waals surface area contributed by atoms with Gasteiger partial charge in [0.05, 0.1) is 31.0 Å². The topological polar surface area (TPSA) is 97.3 Å². The van der Waals surface area contributed by atoms with E-state index < -0.39 is 22.5 Å². The SMILES string of the molecule is COc1ccc(S(=O)(=O)N(CC(=O)N/N=C\c2ccc3c4c(cccc24)CC3)c2ccccc2OC)cc1. The molecule has 9 heteroatoms. The van der Waals surface area contributed by atoms with Gasteiger partial charge in [-0.15, -0.1) is 0 Å². The van der Waals surface area contributed by atoms with Crippen LogP contribution in [0.1, 0.15) is 16.7 Å². The summed E-state index contributed by atoms with van der Waals surface area (Å²) in [5, 5.41) is 6.47. The zero-order valence-electron chi connectivity index (χ0n) is 21.0. The molecular formula is C29H27N3O5S. The molecule has 38 heavy (non-hydrogen) atoms. The highest BCUT2D eigenvalue weighted by atomic mass is 32.2. The molecule has 0 heterocycles.